The number of nitrogens with one attached hydrogen (secondary N) is 3. The maximum absolute atomic E-state index is 11.9. The Labute approximate surface area is 144 Å². The predicted molar refractivity (Wildman–Crippen MR) is 97.7 cm³/mol. The lowest BCUT2D eigenvalue weighted by Crippen LogP contribution is -2.52. The average Bonchev–Trinajstić information content (AvgIpc) is 2.56. The molecular weight excluding hydrogens is 306 g/mol. The SMILES string of the molecule is C[C@@H]1[C@@H](C)CCC[C@H]1NC(=S)NNC(=O)CCc1ccccc1. The number of carbonyl (C=O) groups is 1. The largest absolute Gasteiger partial charge is 0.358 e. The van der Waals surface area contributed by atoms with Gasteiger partial charge < -0.3 is 5.32 Å². The van der Waals surface area contributed by atoms with Crippen LogP contribution in [-0.2, 0) is 11.2 Å². The second kappa shape index (κ2) is 8.87. The number of thiocarbonyl (C=S) groups is 1. The van der Waals surface area contributed by atoms with Crippen LogP contribution in [0.4, 0.5) is 0 Å². The minimum atomic E-state index is -0.0527. The smallest absolute Gasteiger partial charge is 0.238 e. The molecule has 4 nitrogen and oxygen atoms in total. The number of amides is 1. The van der Waals surface area contributed by atoms with Gasteiger partial charge >= 0.3 is 0 Å². The lowest BCUT2D eigenvalue weighted by molar-refractivity contribution is -0.121. The Bertz CT molecular complexity index is 520. The molecule has 1 aromatic carbocycles. The molecule has 0 spiro atoms. The van der Waals surface area contributed by atoms with E-state index in [-0.39, 0.29) is 5.91 Å². The summed E-state index contributed by atoms with van der Waals surface area (Å²) in [5.74, 6) is 1.25. The molecule has 1 fully saturated rings. The molecule has 0 bridgehead atoms. The van der Waals surface area contributed by atoms with Crippen molar-refractivity contribution in [3.63, 3.8) is 0 Å². The van der Waals surface area contributed by atoms with E-state index in [4.69, 9.17) is 12.2 Å². The van der Waals surface area contributed by atoms with Crippen LogP contribution in [0.15, 0.2) is 30.3 Å². The van der Waals surface area contributed by atoms with Crippen molar-refractivity contribution in [2.45, 2.75) is 52.0 Å². The molecule has 1 aromatic rings. The van der Waals surface area contributed by atoms with Crippen molar-refractivity contribution in [3.8, 4) is 0 Å². The topological polar surface area (TPSA) is 53.2 Å². The zero-order valence-electron chi connectivity index (χ0n) is 14.0. The Balaban J connectivity index is 1.66. The van der Waals surface area contributed by atoms with Gasteiger partial charge in [-0.05, 0) is 42.5 Å². The molecule has 0 unspecified atom stereocenters. The fourth-order valence-corrected chi connectivity index (χ4v) is 3.28. The van der Waals surface area contributed by atoms with Crippen LogP contribution in [0.25, 0.3) is 0 Å². The molecular formula is C18H27N3OS. The van der Waals surface area contributed by atoms with E-state index in [0.29, 0.717) is 29.4 Å². The normalized spacial score (nSPS) is 23.8. The summed E-state index contributed by atoms with van der Waals surface area (Å²) in [4.78, 5) is 11.9. The van der Waals surface area contributed by atoms with E-state index in [1.54, 1.807) is 0 Å². The monoisotopic (exact) mass is 333 g/mol. The first-order chi connectivity index (χ1) is 11.1. The number of rotatable bonds is 4. The van der Waals surface area contributed by atoms with E-state index in [1.807, 2.05) is 30.3 Å². The van der Waals surface area contributed by atoms with Crippen molar-refractivity contribution in [2.75, 3.05) is 0 Å². The average molecular weight is 334 g/mol. The third kappa shape index (κ3) is 5.82. The van der Waals surface area contributed by atoms with Crippen molar-refractivity contribution >= 4 is 23.2 Å². The summed E-state index contributed by atoms with van der Waals surface area (Å²) in [6.07, 6.45) is 4.82. The molecule has 0 aromatic heterocycles. The number of hydrogen-bond acceptors (Lipinski definition) is 2. The standard InChI is InChI=1S/C18H27N3OS/c1-13-7-6-10-16(14(13)2)19-18(23)21-20-17(22)12-11-15-8-4-3-5-9-15/h3-5,8-9,13-14,16H,6-7,10-12H2,1-2H3,(H,20,22)(H2,19,21,23)/t13-,14+,16+/m0/s1. The van der Waals surface area contributed by atoms with Gasteiger partial charge in [-0.15, -0.1) is 0 Å². The highest BCUT2D eigenvalue weighted by Gasteiger charge is 2.27. The first kappa shape index (κ1) is 17.7. The van der Waals surface area contributed by atoms with E-state index in [9.17, 15) is 4.79 Å². The van der Waals surface area contributed by atoms with Gasteiger partial charge in [-0.3, -0.25) is 15.6 Å². The molecule has 0 saturated heterocycles. The van der Waals surface area contributed by atoms with Crippen LogP contribution < -0.4 is 16.2 Å². The number of carbonyl (C=O) groups excluding carboxylic acids is 1. The maximum Gasteiger partial charge on any atom is 0.238 e. The summed E-state index contributed by atoms with van der Waals surface area (Å²) in [5, 5.41) is 3.84. The molecule has 1 saturated carbocycles. The van der Waals surface area contributed by atoms with Crippen LogP contribution >= 0.6 is 12.2 Å². The lowest BCUT2D eigenvalue weighted by Gasteiger charge is -2.35. The van der Waals surface area contributed by atoms with Gasteiger partial charge in [0, 0.05) is 12.5 Å². The van der Waals surface area contributed by atoms with Gasteiger partial charge in [0.1, 0.15) is 0 Å². The molecule has 1 amide bonds. The van der Waals surface area contributed by atoms with Gasteiger partial charge in [0.05, 0.1) is 0 Å². The van der Waals surface area contributed by atoms with Gasteiger partial charge in [-0.1, -0.05) is 57.0 Å². The Morgan fingerprint density at radius 2 is 1.91 bits per heavy atom. The highest BCUT2D eigenvalue weighted by molar-refractivity contribution is 7.80. The molecule has 1 aliphatic carbocycles. The van der Waals surface area contributed by atoms with Gasteiger partial charge in [0.2, 0.25) is 5.91 Å². The van der Waals surface area contributed by atoms with Crippen molar-refractivity contribution < 1.29 is 4.79 Å². The first-order valence-corrected chi connectivity index (χ1v) is 8.86. The Morgan fingerprint density at radius 3 is 2.65 bits per heavy atom. The molecule has 1 aliphatic rings. The highest BCUT2D eigenvalue weighted by atomic mass is 32.1. The van der Waals surface area contributed by atoms with Crippen LogP contribution in [0.3, 0.4) is 0 Å². The third-order valence-corrected chi connectivity index (χ3v) is 5.04. The zero-order valence-corrected chi connectivity index (χ0v) is 14.8. The van der Waals surface area contributed by atoms with Crippen LogP contribution in [0.2, 0.25) is 0 Å². The number of hydrogen-bond donors (Lipinski definition) is 3. The number of hydrazine groups is 1. The minimum Gasteiger partial charge on any atom is -0.358 e. The van der Waals surface area contributed by atoms with Gasteiger partial charge in [-0.25, -0.2) is 0 Å². The molecule has 0 radical (unpaired) electrons. The van der Waals surface area contributed by atoms with Crippen molar-refractivity contribution in [2.24, 2.45) is 11.8 Å². The molecule has 2 rings (SSSR count). The van der Waals surface area contributed by atoms with Gasteiger partial charge in [0.25, 0.3) is 0 Å². The van der Waals surface area contributed by atoms with Crippen molar-refractivity contribution in [3.05, 3.63) is 35.9 Å². The maximum atomic E-state index is 11.9. The molecule has 126 valence electrons. The predicted octanol–water partition coefficient (Wildman–Crippen LogP) is 2.94. The molecule has 5 heteroatoms. The van der Waals surface area contributed by atoms with Gasteiger partial charge in [-0.2, -0.15) is 0 Å². The fraction of sp³-hybridized carbons (Fsp3) is 0.556. The highest BCUT2D eigenvalue weighted by Crippen LogP contribution is 2.29. The van der Waals surface area contributed by atoms with E-state index < -0.39 is 0 Å². The fourth-order valence-electron chi connectivity index (χ4n) is 3.08. The second-order valence-electron chi connectivity index (χ2n) is 6.51. The van der Waals surface area contributed by atoms with E-state index in [2.05, 4.69) is 30.0 Å². The van der Waals surface area contributed by atoms with E-state index in [0.717, 1.165) is 18.4 Å². The van der Waals surface area contributed by atoms with Crippen molar-refractivity contribution in [1.29, 1.82) is 0 Å². The second-order valence-corrected chi connectivity index (χ2v) is 6.91. The molecule has 0 aliphatic heterocycles. The lowest BCUT2D eigenvalue weighted by atomic mass is 9.78. The van der Waals surface area contributed by atoms with E-state index in [1.165, 1.54) is 12.8 Å². The minimum absolute atomic E-state index is 0.0527. The first-order valence-electron chi connectivity index (χ1n) is 8.45. The Morgan fingerprint density at radius 1 is 1.17 bits per heavy atom. The molecule has 3 atom stereocenters. The zero-order chi connectivity index (χ0) is 16.7. The van der Waals surface area contributed by atoms with Crippen molar-refractivity contribution in [1.82, 2.24) is 16.2 Å². The quantitative estimate of drug-likeness (QED) is 0.586. The molecule has 0 heterocycles. The van der Waals surface area contributed by atoms with Crippen LogP contribution in [0.5, 0.6) is 0 Å². The summed E-state index contributed by atoms with van der Waals surface area (Å²) in [5.41, 5.74) is 6.66. The van der Waals surface area contributed by atoms with E-state index >= 15 is 0 Å². The third-order valence-electron chi connectivity index (χ3n) is 4.82. The van der Waals surface area contributed by atoms with Gasteiger partial charge in [0.15, 0.2) is 5.11 Å². The van der Waals surface area contributed by atoms with Crippen LogP contribution in [0, 0.1) is 11.8 Å². The molecule has 3 N–H and O–H groups in total. The number of aryl methyl sites for hydroxylation is 1. The summed E-state index contributed by atoms with van der Waals surface area (Å²) >= 11 is 5.29. The summed E-state index contributed by atoms with van der Waals surface area (Å²) in [6.45, 7) is 4.56. The van der Waals surface area contributed by atoms with Crippen LogP contribution in [-0.4, -0.2) is 17.1 Å². The Kier molecular flexibility index (Phi) is 6.84. The summed E-state index contributed by atoms with van der Waals surface area (Å²) in [6, 6.07) is 10.4. The summed E-state index contributed by atoms with van der Waals surface area (Å²) in [7, 11) is 0. The molecule has 23 heavy (non-hydrogen) atoms. The Hall–Kier alpha value is -1.62. The number of benzene rings is 1. The summed E-state index contributed by atoms with van der Waals surface area (Å²) < 4.78 is 0. The van der Waals surface area contributed by atoms with Crippen LogP contribution in [0.1, 0.15) is 45.1 Å².